The number of nitrogens with one attached hydrogen (secondary N) is 1. The molecule has 1 aromatic rings. The Labute approximate surface area is 104 Å². The molecule has 2 N–H and O–H groups in total. The van der Waals surface area contributed by atoms with Gasteiger partial charge in [-0.25, -0.2) is 0 Å². The van der Waals surface area contributed by atoms with Crippen molar-refractivity contribution < 1.29 is 14.8 Å². The molecule has 8 nitrogen and oxygen atoms in total. The number of aromatic nitrogens is 2. The number of amides is 1. The summed E-state index contributed by atoms with van der Waals surface area (Å²) in [6.07, 6.45) is 1.37. The molecule has 0 bridgehead atoms. The van der Waals surface area contributed by atoms with Gasteiger partial charge in [0.25, 0.3) is 0 Å². The Morgan fingerprint density at radius 2 is 2.33 bits per heavy atom. The van der Waals surface area contributed by atoms with E-state index in [9.17, 15) is 14.9 Å². The van der Waals surface area contributed by atoms with E-state index in [1.807, 2.05) is 6.92 Å². The normalized spacial score (nSPS) is 13.9. The molecule has 0 spiro atoms. The molecule has 0 radical (unpaired) electrons. The second-order valence-corrected chi connectivity index (χ2v) is 4.14. The number of hydrogen-bond acceptors (Lipinski definition) is 5. The molecule has 18 heavy (non-hydrogen) atoms. The first kappa shape index (κ1) is 14.1. The Morgan fingerprint density at radius 3 is 2.83 bits per heavy atom. The van der Waals surface area contributed by atoms with Crippen LogP contribution in [-0.2, 0) is 11.3 Å². The number of nitro groups is 1. The van der Waals surface area contributed by atoms with Crippen molar-refractivity contribution in [3.05, 3.63) is 22.4 Å². The Kier molecular flexibility index (Phi) is 4.78. The maximum absolute atomic E-state index is 11.6. The molecule has 100 valence electrons. The van der Waals surface area contributed by atoms with Gasteiger partial charge in [0, 0.05) is 12.6 Å². The topological polar surface area (TPSA) is 110 Å². The second kappa shape index (κ2) is 6.10. The number of hydrogen-bond donors (Lipinski definition) is 2. The first-order chi connectivity index (χ1) is 8.43. The molecule has 2 unspecified atom stereocenters. The zero-order valence-corrected chi connectivity index (χ0v) is 10.2. The number of aliphatic hydroxyl groups excluding tert-OH is 1. The summed E-state index contributed by atoms with van der Waals surface area (Å²) in [5.41, 5.74) is 0. The molecule has 1 heterocycles. The average molecular weight is 256 g/mol. The number of aliphatic hydroxyl groups is 1. The molecule has 0 aliphatic rings. The van der Waals surface area contributed by atoms with E-state index in [1.165, 1.54) is 16.9 Å². The van der Waals surface area contributed by atoms with Crippen LogP contribution in [0.4, 0.5) is 5.82 Å². The molecule has 0 fully saturated rings. The highest BCUT2D eigenvalue weighted by Crippen LogP contribution is 2.05. The second-order valence-electron chi connectivity index (χ2n) is 4.14. The maximum Gasteiger partial charge on any atom is 0.389 e. The van der Waals surface area contributed by atoms with Crippen molar-refractivity contribution in [2.75, 3.05) is 6.61 Å². The summed E-state index contributed by atoms with van der Waals surface area (Å²) in [5, 5.41) is 25.7. The van der Waals surface area contributed by atoms with Crippen molar-refractivity contribution in [1.29, 1.82) is 0 Å². The summed E-state index contributed by atoms with van der Waals surface area (Å²) in [4.78, 5) is 21.4. The van der Waals surface area contributed by atoms with Crippen molar-refractivity contribution in [2.45, 2.75) is 26.4 Å². The molecular formula is C10H16N4O4. The molecule has 8 heteroatoms. The Hall–Kier alpha value is -1.96. The van der Waals surface area contributed by atoms with Gasteiger partial charge in [-0.1, -0.05) is 6.92 Å². The third kappa shape index (κ3) is 3.81. The lowest BCUT2D eigenvalue weighted by atomic mass is 10.1. The molecule has 1 rings (SSSR count). The lowest BCUT2D eigenvalue weighted by Gasteiger charge is -2.18. The molecule has 0 aromatic carbocycles. The number of carbonyl (C=O) groups excluding carboxylic acids is 1. The summed E-state index contributed by atoms with van der Waals surface area (Å²) < 4.78 is 1.20. The summed E-state index contributed by atoms with van der Waals surface area (Å²) in [6, 6.07) is 1.06. The van der Waals surface area contributed by atoms with Gasteiger partial charge in [0.05, 0.1) is 17.4 Å². The zero-order valence-electron chi connectivity index (χ0n) is 10.2. The maximum atomic E-state index is 11.6. The van der Waals surface area contributed by atoms with E-state index in [0.29, 0.717) is 0 Å². The highest BCUT2D eigenvalue weighted by atomic mass is 16.6. The lowest BCUT2D eigenvalue weighted by Crippen LogP contribution is -2.40. The standard InChI is InChI=1S/C10H16N4O4/c1-7(6-15)8(2)11-10(16)5-13-4-3-9(12-13)14(17)18/h3-4,7-8,15H,5-6H2,1-2H3,(H,11,16). The third-order valence-corrected chi connectivity index (χ3v) is 2.65. The van der Waals surface area contributed by atoms with Gasteiger partial charge in [0.15, 0.2) is 0 Å². The minimum atomic E-state index is -0.620. The van der Waals surface area contributed by atoms with E-state index in [-0.39, 0.29) is 36.8 Å². The number of carbonyl (C=O) groups is 1. The van der Waals surface area contributed by atoms with Crippen LogP contribution in [0.3, 0.4) is 0 Å². The first-order valence-electron chi connectivity index (χ1n) is 5.52. The van der Waals surface area contributed by atoms with E-state index in [4.69, 9.17) is 5.11 Å². The molecule has 0 saturated carbocycles. The zero-order chi connectivity index (χ0) is 13.7. The summed E-state index contributed by atoms with van der Waals surface area (Å²) in [6.45, 7) is 3.49. The van der Waals surface area contributed by atoms with Crippen LogP contribution in [0, 0.1) is 16.0 Å². The quantitative estimate of drug-likeness (QED) is 0.546. The summed E-state index contributed by atoms with van der Waals surface area (Å²) in [5.74, 6) is -0.652. The van der Waals surface area contributed by atoms with Crippen molar-refractivity contribution in [3.63, 3.8) is 0 Å². The van der Waals surface area contributed by atoms with Crippen LogP contribution >= 0.6 is 0 Å². The van der Waals surface area contributed by atoms with Crippen LogP contribution < -0.4 is 5.32 Å². The molecule has 2 atom stereocenters. The van der Waals surface area contributed by atoms with Gasteiger partial charge in [0.1, 0.15) is 6.54 Å². The largest absolute Gasteiger partial charge is 0.396 e. The molecule has 0 aliphatic carbocycles. The molecule has 0 saturated heterocycles. The van der Waals surface area contributed by atoms with Crippen LogP contribution in [0.25, 0.3) is 0 Å². The smallest absolute Gasteiger partial charge is 0.389 e. The summed E-state index contributed by atoms with van der Waals surface area (Å²) in [7, 11) is 0. The average Bonchev–Trinajstić information content (AvgIpc) is 2.76. The van der Waals surface area contributed by atoms with E-state index in [2.05, 4.69) is 10.4 Å². The van der Waals surface area contributed by atoms with Gasteiger partial charge in [-0.05, 0) is 17.8 Å². The van der Waals surface area contributed by atoms with Gasteiger partial charge in [-0.2, -0.15) is 4.68 Å². The lowest BCUT2D eigenvalue weighted by molar-refractivity contribution is -0.389. The Balaban J connectivity index is 2.51. The molecular weight excluding hydrogens is 240 g/mol. The van der Waals surface area contributed by atoms with Gasteiger partial charge in [-0.15, -0.1) is 0 Å². The molecule has 0 aliphatic heterocycles. The SMILES string of the molecule is CC(CO)C(C)NC(=O)Cn1ccc([N+](=O)[O-])n1. The predicted molar refractivity (Wildman–Crippen MR) is 62.7 cm³/mol. The molecule has 1 amide bonds. The van der Waals surface area contributed by atoms with Crippen LogP contribution in [0.1, 0.15) is 13.8 Å². The fourth-order valence-electron chi connectivity index (χ4n) is 1.28. The van der Waals surface area contributed by atoms with Crippen LogP contribution in [0.5, 0.6) is 0 Å². The van der Waals surface area contributed by atoms with E-state index < -0.39 is 4.92 Å². The summed E-state index contributed by atoms with van der Waals surface area (Å²) >= 11 is 0. The van der Waals surface area contributed by atoms with Gasteiger partial charge in [-0.3, -0.25) is 4.79 Å². The van der Waals surface area contributed by atoms with Crippen LogP contribution in [-0.4, -0.2) is 38.4 Å². The van der Waals surface area contributed by atoms with Gasteiger partial charge in [0.2, 0.25) is 5.91 Å². The number of rotatable bonds is 6. The van der Waals surface area contributed by atoms with E-state index in [1.54, 1.807) is 6.92 Å². The van der Waals surface area contributed by atoms with Crippen LogP contribution in [0.15, 0.2) is 12.3 Å². The van der Waals surface area contributed by atoms with Gasteiger partial charge < -0.3 is 20.5 Å². The number of nitrogens with zero attached hydrogens (tertiary/aromatic N) is 3. The van der Waals surface area contributed by atoms with Crippen molar-refractivity contribution in [3.8, 4) is 0 Å². The minimum Gasteiger partial charge on any atom is -0.396 e. The van der Waals surface area contributed by atoms with E-state index in [0.717, 1.165) is 0 Å². The monoisotopic (exact) mass is 256 g/mol. The Bertz CT molecular complexity index is 431. The minimum absolute atomic E-state index is 0.0192. The molecule has 1 aromatic heterocycles. The van der Waals surface area contributed by atoms with Crippen molar-refractivity contribution in [2.24, 2.45) is 5.92 Å². The van der Waals surface area contributed by atoms with Crippen molar-refractivity contribution >= 4 is 11.7 Å². The highest BCUT2D eigenvalue weighted by molar-refractivity contribution is 5.75. The van der Waals surface area contributed by atoms with Crippen LogP contribution in [0.2, 0.25) is 0 Å². The van der Waals surface area contributed by atoms with Gasteiger partial charge >= 0.3 is 5.82 Å². The predicted octanol–water partition coefficient (Wildman–Crippen LogP) is -0.0756. The fraction of sp³-hybridized carbons (Fsp3) is 0.600. The first-order valence-corrected chi connectivity index (χ1v) is 5.52. The van der Waals surface area contributed by atoms with Crippen molar-refractivity contribution in [1.82, 2.24) is 15.1 Å². The Morgan fingerprint density at radius 1 is 1.67 bits per heavy atom. The van der Waals surface area contributed by atoms with E-state index >= 15 is 0 Å². The third-order valence-electron chi connectivity index (χ3n) is 2.65. The highest BCUT2D eigenvalue weighted by Gasteiger charge is 2.17. The fourth-order valence-corrected chi connectivity index (χ4v) is 1.28.